The summed E-state index contributed by atoms with van der Waals surface area (Å²) in [5, 5.41) is 2.91. The van der Waals surface area contributed by atoms with Crippen molar-refractivity contribution >= 4 is 11.7 Å². The molecule has 0 radical (unpaired) electrons. The second-order valence-electron chi connectivity index (χ2n) is 5.45. The first kappa shape index (κ1) is 13.5. The SMILES string of the molecule is CC(CNC(=O)c1ccnc(N)c1)C(C)(C)C. The molecule has 4 nitrogen and oxygen atoms in total. The summed E-state index contributed by atoms with van der Waals surface area (Å²) in [5.74, 6) is 0.669. The molecule has 0 aliphatic heterocycles. The van der Waals surface area contributed by atoms with E-state index in [1.54, 1.807) is 12.1 Å². The first-order valence-corrected chi connectivity index (χ1v) is 5.80. The largest absolute Gasteiger partial charge is 0.384 e. The number of hydrogen-bond acceptors (Lipinski definition) is 3. The fourth-order valence-electron chi connectivity index (χ4n) is 1.24. The summed E-state index contributed by atoms with van der Waals surface area (Å²) in [6.07, 6.45) is 1.54. The molecule has 17 heavy (non-hydrogen) atoms. The summed E-state index contributed by atoms with van der Waals surface area (Å²) in [6.45, 7) is 9.27. The van der Waals surface area contributed by atoms with Gasteiger partial charge in [0.25, 0.3) is 5.91 Å². The van der Waals surface area contributed by atoms with E-state index in [0.29, 0.717) is 23.8 Å². The zero-order chi connectivity index (χ0) is 13.1. The highest BCUT2D eigenvalue weighted by Crippen LogP contribution is 2.24. The summed E-state index contributed by atoms with van der Waals surface area (Å²) < 4.78 is 0. The van der Waals surface area contributed by atoms with Crippen molar-refractivity contribution in [3.8, 4) is 0 Å². The lowest BCUT2D eigenvalue weighted by Gasteiger charge is -2.27. The molecule has 0 aromatic carbocycles. The summed E-state index contributed by atoms with van der Waals surface area (Å²) in [5.41, 5.74) is 6.27. The van der Waals surface area contributed by atoms with E-state index in [2.05, 4.69) is 38.0 Å². The van der Waals surface area contributed by atoms with Gasteiger partial charge in [0.2, 0.25) is 0 Å². The molecule has 0 saturated carbocycles. The van der Waals surface area contributed by atoms with Crippen molar-refractivity contribution in [1.82, 2.24) is 10.3 Å². The Labute approximate surface area is 103 Å². The number of anilines is 1. The van der Waals surface area contributed by atoms with Gasteiger partial charge in [-0.15, -0.1) is 0 Å². The van der Waals surface area contributed by atoms with Gasteiger partial charge in [0.05, 0.1) is 0 Å². The fraction of sp³-hybridized carbons (Fsp3) is 0.538. The van der Waals surface area contributed by atoms with Crippen LogP contribution < -0.4 is 11.1 Å². The maximum atomic E-state index is 11.8. The van der Waals surface area contributed by atoms with Crippen molar-refractivity contribution in [1.29, 1.82) is 0 Å². The Bertz CT molecular complexity index is 396. The minimum absolute atomic E-state index is 0.102. The highest BCUT2D eigenvalue weighted by Gasteiger charge is 2.20. The van der Waals surface area contributed by atoms with E-state index in [0.717, 1.165) is 0 Å². The van der Waals surface area contributed by atoms with Crippen LogP contribution in [0.4, 0.5) is 5.82 Å². The number of amides is 1. The van der Waals surface area contributed by atoms with Crippen LogP contribution in [0.3, 0.4) is 0 Å². The fourth-order valence-corrected chi connectivity index (χ4v) is 1.24. The molecule has 4 heteroatoms. The van der Waals surface area contributed by atoms with Crippen LogP contribution in [0.25, 0.3) is 0 Å². The monoisotopic (exact) mass is 235 g/mol. The molecule has 1 aromatic heterocycles. The minimum atomic E-state index is -0.102. The lowest BCUT2D eigenvalue weighted by atomic mass is 9.82. The molecule has 0 bridgehead atoms. The van der Waals surface area contributed by atoms with Gasteiger partial charge < -0.3 is 11.1 Å². The van der Waals surface area contributed by atoms with Crippen LogP contribution in [0.5, 0.6) is 0 Å². The van der Waals surface area contributed by atoms with E-state index in [1.807, 2.05) is 0 Å². The predicted molar refractivity (Wildman–Crippen MR) is 69.6 cm³/mol. The number of nitrogens with zero attached hydrogens (tertiary/aromatic N) is 1. The van der Waals surface area contributed by atoms with Crippen LogP contribution in [0, 0.1) is 11.3 Å². The molecular weight excluding hydrogens is 214 g/mol. The third kappa shape index (κ3) is 4.06. The summed E-state index contributed by atoms with van der Waals surface area (Å²) in [4.78, 5) is 15.7. The van der Waals surface area contributed by atoms with Gasteiger partial charge in [0.1, 0.15) is 5.82 Å². The van der Waals surface area contributed by atoms with Crippen molar-refractivity contribution < 1.29 is 4.79 Å². The van der Waals surface area contributed by atoms with Crippen LogP contribution in [0.2, 0.25) is 0 Å². The molecule has 0 spiro atoms. The number of nitrogens with two attached hydrogens (primary N) is 1. The van der Waals surface area contributed by atoms with Crippen molar-refractivity contribution in [3.05, 3.63) is 23.9 Å². The van der Waals surface area contributed by atoms with Crippen molar-refractivity contribution in [2.75, 3.05) is 12.3 Å². The summed E-state index contributed by atoms with van der Waals surface area (Å²) in [6, 6.07) is 3.24. The van der Waals surface area contributed by atoms with Gasteiger partial charge in [-0.3, -0.25) is 4.79 Å². The molecule has 0 aliphatic rings. The maximum Gasteiger partial charge on any atom is 0.251 e. The Morgan fingerprint density at radius 3 is 2.71 bits per heavy atom. The van der Waals surface area contributed by atoms with Gasteiger partial charge >= 0.3 is 0 Å². The van der Waals surface area contributed by atoms with Gasteiger partial charge in [0.15, 0.2) is 0 Å². The molecule has 1 rings (SSSR count). The normalized spacial score (nSPS) is 13.2. The molecule has 94 valence electrons. The number of aromatic nitrogens is 1. The molecule has 0 aliphatic carbocycles. The van der Waals surface area contributed by atoms with E-state index >= 15 is 0 Å². The second-order valence-corrected chi connectivity index (χ2v) is 5.45. The van der Waals surface area contributed by atoms with Gasteiger partial charge in [-0.2, -0.15) is 0 Å². The van der Waals surface area contributed by atoms with E-state index < -0.39 is 0 Å². The van der Waals surface area contributed by atoms with Crippen molar-refractivity contribution in [2.45, 2.75) is 27.7 Å². The lowest BCUT2D eigenvalue weighted by Crippen LogP contribution is -2.33. The topological polar surface area (TPSA) is 68.0 Å². The number of rotatable bonds is 3. The average Bonchev–Trinajstić information content (AvgIpc) is 2.24. The average molecular weight is 235 g/mol. The number of pyridine rings is 1. The Kier molecular flexibility index (Phi) is 4.10. The molecule has 0 fully saturated rings. The van der Waals surface area contributed by atoms with Crippen LogP contribution in [-0.4, -0.2) is 17.4 Å². The molecule has 1 aromatic rings. The Hall–Kier alpha value is -1.58. The zero-order valence-electron chi connectivity index (χ0n) is 10.9. The summed E-state index contributed by atoms with van der Waals surface area (Å²) >= 11 is 0. The molecule has 1 amide bonds. The first-order valence-electron chi connectivity index (χ1n) is 5.80. The quantitative estimate of drug-likeness (QED) is 0.842. The number of carbonyl (C=O) groups is 1. The number of hydrogen-bond donors (Lipinski definition) is 2. The third-order valence-corrected chi connectivity index (χ3v) is 3.09. The van der Waals surface area contributed by atoms with Gasteiger partial charge in [-0.25, -0.2) is 4.98 Å². The summed E-state index contributed by atoms with van der Waals surface area (Å²) in [7, 11) is 0. The van der Waals surface area contributed by atoms with Gasteiger partial charge in [0, 0.05) is 18.3 Å². The number of nitrogens with one attached hydrogen (secondary N) is 1. The smallest absolute Gasteiger partial charge is 0.251 e. The van der Waals surface area contributed by atoms with Crippen molar-refractivity contribution in [2.24, 2.45) is 11.3 Å². The number of nitrogen functional groups attached to an aromatic ring is 1. The molecule has 1 heterocycles. The molecule has 3 N–H and O–H groups in total. The van der Waals surface area contributed by atoms with E-state index in [9.17, 15) is 4.79 Å². The predicted octanol–water partition coefficient (Wildman–Crippen LogP) is 2.08. The van der Waals surface area contributed by atoms with E-state index in [-0.39, 0.29) is 11.3 Å². The van der Waals surface area contributed by atoms with Crippen molar-refractivity contribution in [3.63, 3.8) is 0 Å². The number of carbonyl (C=O) groups excluding carboxylic acids is 1. The second kappa shape index (κ2) is 5.17. The maximum absolute atomic E-state index is 11.8. The van der Waals surface area contributed by atoms with Crippen LogP contribution in [-0.2, 0) is 0 Å². The standard InChI is InChI=1S/C13H21N3O/c1-9(13(2,3)4)8-16-12(17)10-5-6-15-11(14)7-10/h5-7,9H,8H2,1-4H3,(H2,14,15)(H,16,17). The minimum Gasteiger partial charge on any atom is -0.384 e. The van der Waals surface area contributed by atoms with Crippen LogP contribution in [0.1, 0.15) is 38.1 Å². The molecule has 0 saturated heterocycles. The third-order valence-electron chi connectivity index (χ3n) is 3.09. The van der Waals surface area contributed by atoms with Gasteiger partial charge in [-0.05, 0) is 23.5 Å². The highest BCUT2D eigenvalue weighted by molar-refractivity contribution is 5.94. The Morgan fingerprint density at radius 2 is 2.18 bits per heavy atom. The van der Waals surface area contributed by atoms with E-state index in [1.165, 1.54) is 6.20 Å². The first-order chi connectivity index (χ1) is 7.80. The Balaban J connectivity index is 2.57. The van der Waals surface area contributed by atoms with E-state index in [4.69, 9.17) is 5.73 Å². The van der Waals surface area contributed by atoms with Crippen LogP contribution in [0.15, 0.2) is 18.3 Å². The Morgan fingerprint density at radius 1 is 1.53 bits per heavy atom. The zero-order valence-corrected chi connectivity index (χ0v) is 10.9. The molecular formula is C13H21N3O. The lowest BCUT2D eigenvalue weighted by molar-refractivity contribution is 0.0937. The molecule has 1 atom stereocenters. The van der Waals surface area contributed by atoms with Crippen LogP contribution >= 0.6 is 0 Å². The van der Waals surface area contributed by atoms with Gasteiger partial charge in [-0.1, -0.05) is 27.7 Å². The highest BCUT2D eigenvalue weighted by atomic mass is 16.1. The molecule has 1 unspecified atom stereocenters.